The van der Waals surface area contributed by atoms with Crippen LogP contribution in [0, 0.1) is 11.3 Å². The molecule has 57 heavy (non-hydrogen) atoms. The summed E-state index contributed by atoms with van der Waals surface area (Å²) in [5.41, 5.74) is 4.70. The summed E-state index contributed by atoms with van der Waals surface area (Å²) in [6.07, 6.45) is 1.41. The van der Waals surface area contributed by atoms with Crippen molar-refractivity contribution in [3.63, 3.8) is 0 Å². The highest BCUT2D eigenvalue weighted by Crippen LogP contribution is 2.41. The summed E-state index contributed by atoms with van der Waals surface area (Å²) in [5, 5.41) is 23.0. The molecule has 284 valence electrons. The quantitative estimate of drug-likeness (QED) is 0.0445. The third-order valence-electron chi connectivity index (χ3n) is 9.47. The molecule has 11 heteroatoms. The number of thiophene rings is 2. The van der Waals surface area contributed by atoms with Crippen molar-refractivity contribution in [3.05, 3.63) is 132 Å². The van der Waals surface area contributed by atoms with Gasteiger partial charge in [-0.3, -0.25) is 4.57 Å². The van der Waals surface area contributed by atoms with Gasteiger partial charge in [0.25, 0.3) is 0 Å². The number of imidazole rings is 1. The van der Waals surface area contributed by atoms with Crippen molar-refractivity contribution in [2.75, 3.05) is 46.8 Å². The first-order chi connectivity index (χ1) is 28.0. The maximum absolute atomic E-state index is 11.3. The highest BCUT2D eigenvalue weighted by atomic mass is 32.1. The first kappa shape index (κ1) is 37.8. The van der Waals surface area contributed by atoms with Crippen LogP contribution in [-0.2, 0) is 19.0 Å². The molecule has 8 aromatic rings. The fourth-order valence-electron chi connectivity index (χ4n) is 6.78. The van der Waals surface area contributed by atoms with Crippen LogP contribution in [0.3, 0.4) is 0 Å². The van der Waals surface area contributed by atoms with E-state index in [-0.39, 0.29) is 5.57 Å². The molecule has 0 aliphatic carbocycles. The number of aromatic nitrogens is 2. The zero-order chi connectivity index (χ0) is 39.1. The SMILES string of the molecule is COCCOCCOCCOc1ccc(-n2c(-c3ccc(-c4ccc(-c5ccc(/C=C(\C#N)C(=O)O)s5)s4)cc3)nc3c4ccccc4c4ccccc4c32)cc1. The number of aliphatic carboxylic acids is 1. The van der Waals surface area contributed by atoms with Gasteiger partial charge in [0.05, 0.1) is 44.1 Å². The molecule has 3 heterocycles. The minimum Gasteiger partial charge on any atom is -0.491 e. The van der Waals surface area contributed by atoms with Gasteiger partial charge in [0.1, 0.15) is 29.8 Å². The molecule has 1 N–H and O–H groups in total. The lowest BCUT2D eigenvalue weighted by Crippen LogP contribution is -2.12. The summed E-state index contributed by atoms with van der Waals surface area (Å²) < 4.78 is 24.4. The number of hydrogen-bond acceptors (Lipinski definition) is 9. The molecular formula is C46H37N3O6S2. The van der Waals surface area contributed by atoms with E-state index in [4.69, 9.17) is 29.2 Å². The van der Waals surface area contributed by atoms with Gasteiger partial charge in [-0.15, -0.1) is 22.7 Å². The van der Waals surface area contributed by atoms with E-state index < -0.39 is 5.97 Å². The lowest BCUT2D eigenvalue weighted by atomic mass is 10.00. The zero-order valence-electron chi connectivity index (χ0n) is 31.0. The van der Waals surface area contributed by atoms with Crippen LogP contribution in [-0.4, -0.2) is 67.4 Å². The van der Waals surface area contributed by atoms with Crippen molar-refractivity contribution in [3.8, 4) is 49.1 Å². The number of carboxylic acids is 1. The topological polar surface area (TPSA) is 116 Å². The molecular weight excluding hydrogens is 755 g/mol. The summed E-state index contributed by atoms with van der Waals surface area (Å²) in [6, 6.07) is 43.3. The first-order valence-electron chi connectivity index (χ1n) is 18.4. The van der Waals surface area contributed by atoms with Crippen LogP contribution in [0.2, 0.25) is 0 Å². The Kier molecular flexibility index (Phi) is 11.5. The Balaban J connectivity index is 1.10. The third kappa shape index (κ3) is 8.09. The minimum absolute atomic E-state index is 0.287. The minimum atomic E-state index is -1.23. The second-order valence-corrected chi connectivity index (χ2v) is 15.2. The van der Waals surface area contributed by atoms with Crippen molar-refractivity contribution in [1.29, 1.82) is 5.26 Å². The number of ether oxygens (including phenoxy) is 4. The molecule has 0 spiro atoms. The van der Waals surface area contributed by atoms with Gasteiger partial charge in [-0.05, 0) is 70.9 Å². The molecule has 5 aromatic carbocycles. The van der Waals surface area contributed by atoms with Crippen LogP contribution in [0.4, 0.5) is 0 Å². The predicted molar refractivity (Wildman–Crippen MR) is 228 cm³/mol. The molecule has 0 saturated heterocycles. The van der Waals surface area contributed by atoms with E-state index in [1.54, 1.807) is 24.5 Å². The van der Waals surface area contributed by atoms with E-state index in [0.29, 0.717) is 39.6 Å². The Labute approximate surface area is 337 Å². The molecule has 0 amide bonds. The number of carboxylic acid groups (broad SMARTS) is 1. The number of benzene rings is 5. The Hall–Kier alpha value is -6.13. The maximum Gasteiger partial charge on any atom is 0.346 e. The van der Waals surface area contributed by atoms with Gasteiger partial charge in [0.15, 0.2) is 0 Å². The van der Waals surface area contributed by atoms with E-state index in [9.17, 15) is 9.90 Å². The summed E-state index contributed by atoms with van der Waals surface area (Å²) >= 11 is 3.12. The molecule has 0 aliphatic heterocycles. The number of nitriles is 1. The average molecular weight is 792 g/mol. The molecule has 0 aliphatic rings. The molecule has 0 atom stereocenters. The monoisotopic (exact) mass is 791 g/mol. The maximum atomic E-state index is 11.3. The summed E-state index contributed by atoms with van der Waals surface area (Å²) in [4.78, 5) is 20.6. The highest BCUT2D eigenvalue weighted by Gasteiger charge is 2.20. The number of methoxy groups -OCH3 is 1. The normalized spacial score (nSPS) is 11.8. The highest BCUT2D eigenvalue weighted by molar-refractivity contribution is 7.24. The van der Waals surface area contributed by atoms with E-state index in [2.05, 4.69) is 102 Å². The Morgan fingerprint density at radius 2 is 1.30 bits per heavy atom. The number of hydrogen-bond donors (Lipinski definition) is 1. The second-order valence-electron chi connectivity index (χ2n) is 13.0. The molecule has 0 saturated carbocycles. The number of carbonyl (C=O) groups is 1. The number of rotatable bonds is 16. The first-order valence-corrected chi connectivity index (χ1v) is 20.0. The number of fused-ring (bicyclic) bond motifs is 6. The van der Waals surface area contributed by atoms with Crippen LogP contribution in [0.25, 0.3) is 75.9 Å². The van der Waals surface area contributed by atoms with Crippen LogP contribution in [0.5, 0.6) is 5.75 Å². The fourth-order valence-corrected chi connectivity index (χ4v) is 8.83. The van der Waals surface area contributed by atoms with E-state index in [0.717, 1.165) is 75.1 Å². The molecule has 0 unspecified atom stereocenters. The van der Waals surface area contributed by atoms with Crippen LogP contribution >= 0.6 is 22.7 Å². The van der Waals surface area contributed by atoms with Crippen molar-refractivity contribution in [1.82, 2.24) is 9.55 Å². The lowest BCUT2D eigenvalue weighted by molar-refractivity contribution is -0.132. The lowest BCUT2D eigenvalue weighted by Gasteiger charge is -2.14. The summed E-state index contributed by atoms with van der Waals surface area (Å²) in [7, 11) is 1.65. The van der Waals surface area contributed by atoms with Crippen LogP contribution < -0.4 is 4.74 Å². The molecule has 0 radical (unpaired) electrons. The fraction of sp³-hybridized carbons (Fsp3) is 0.152. The van der Waals surface area contributed by atoms with Crippen molar-refractivity contribution in [2.45, 2.75) is 0 Å². The van der Waals surface area contributed by atoms with Crippen molar-refractivity contribution >= 4 is 67.3 Å². The smallest absolute Gasteiger partial charge is 0.346 e. The van der Waals surface area contributed by atoms with Crippen LogP contribution in [0.15, 0.2) is 127 Å². The van der Waals surface area contributed by atoms with Crippen molar-refractivity contribution < 1.29 is 28.8 Å². The molecule has 8 rings (SSSR count). The van der Waals surface area contributed by atoms with Crippen LogP contribution in [0.1, 0.15) is 4.88 Å². The summed E-state index contributed by atoms with van der Waals surface area (Å²) in [5.74, 6) is 0.350. The van der Waals surface area contributed by atoms with E-state index >= 15 is 0 Å². The standard InChI is InChI=1S/C46H37N3O6S2/c1-52-22-23-53-24-25-54-26-27-55-34-16-14-33(15-17-34)49-44-39-9-5-3-7-37(39)36-6-2-4-8-38(36)43(44)48-45(49)31-12-10-30(11-13-31)40-20-21-42(57-40)41-19-18-35(56-41)28-32(29-47)46(50)51/h2-21,28H,22-27H2,1H3,(H,50,51)/b32-28+. The molecule has 9 nitrogen and oxygen atoms in total. The van der Waals surface area contributed by atoms with Gasteiger partial charge < -0.3 is 24.1 Å². The van der Waals surface area contributed by atoms with Gasteiger partial charge >= 0.3 is 5.97 Å². The zero-order valence-corrected chi connectivity index (χ0v) is 32.6. The van der Waals surface area contributed by atoms with Gasteiger partial charge in [-0.25, -0.2) is 9.78 Å². The third-order valence-corrected chi connectivity index (χ3v) is 11.8. The predicted octanol–water partition coefficient (Wildman–Crippen LogP) is 10.5. The molecule has 0 fully saturated rings. The molecule has 3 aromatic heterocycles. The van der Waals surface area contributed by atoms with Gasteiger partial charge in [-0.1, -0.05) is 72.8 Å². The molecule has 0 bridgehead atoms. The van der Waals surface area contributed by atoms with Gasteiger partial charge in [-0.2, -0.15) is 5.26 Å². The average Bonchev–Trinajstić information content (AvgIpc) is 4.02. The van der Waals surface area contributed by atoms with Gasteiger partial charge in [0.2, 0.25) is 0 Å². The summed E-state index contributed by atoms with van der Waals surface area (Å²) in [6.45, 7) is 3.01. The Bertz CT molecular complexity index is 2760. The van der Waals surface area contributed by atoms with Gasteiger partial charge in [0, 0.05) is 48.6 Å². The second kappa shape index (κ2) is 17.3. The van der Waals surface area contributed by atoms with E-state index in [1.165, 1.54) is 22.8 Å². The Morgan fingerprint density at radius 1 is 0.702 bits per heavy atom. The van der Waals surface area contributed by atoms with E-state index in [1.807, 2.05) is 24.3 Å². The Morgan fingerprint density at radius 3 is 2.00 bits per heavy atom. The van der Waals surface area contributed by atoms with Crippen molar-refractivity contribution in [2.24, 2.45) is 0 Å². The largest absolute Gasteiger partial charge is 0.491 e. The number of nitrogens with zero attached hydrogens (tertiary/aromatic N) is 3.